The maximum Gasteiger partial charge on any atom is 0.148 e. The van der Waals surface area contributed by atoms with E-state index in [0.29, 0.717) is 5.92 Å². The van der Waals surface area contributed by atoms with E-state index in [1.54, 1.807) is 4.68 Å². The Bertz CT molecular complexity index is 254. The van der Waals surface area contributed by atoms with E-state index in [1.165, 1.54) is 0 Å². The van der Waals surface area contributed by atoms with E-state index in [-0.39, 0.29) is 6.04 Å². The van der Waals surface area contributed by atoms with Gasteiger partial charge in [-0.05, 0) is 5.92 Å². The van der Waals surface area contributed by atoms with E-state index in [4.69, 9.17) is 5.73 Å². The average molecular weight is 182 g/mol. The third-order valence-electron chi connectivity index (χ3n) is 2.09. The van der Waals surface area contributed by atoms with Crippen molar-refractivity contribution in [3.05, 3.63) is 12.3 Å². The van der Waals surface area contributed by atoms with Crippen molar-refractivity contribution in [1.82, 2.24) is 9.78 Å². The quantitative estimate of drug-likeness (QED) is 0.724. The Morgan fingerprint density at radius 1 is 1.62 bits per heavy atom. The van der Waals surface area contributed by atoms with Crippen LogP contribution < -0.4 is 11.1 Å². The fraction of sp³-hybridized carbons (Fsp3) is 0.667. The normalized spacial score (nSPS) is 13.3. The summed E-state index contributed by atoms with van der Waals surface area (Å²) in [6.07, 6.45) is 1.91. The molecule has 1 aromatic heterocycles. The van der Waals surface area contributed by atoms with Gasteiger partial charge in [0.15, 0.2) is 0 Å². The maximum absolute atomic E-state index is 5.87. The third-order valence-corrected chi connectivity index (χ3v) is 2.09. The lowest BCUT2D eigenvalue weighted by molar-refractivity contribution is 0.511. The van der Waals surface area contributed by atoms with E-state index in [1.807, 2.05) is 19.3 Å². The number of aromatic nitrogens is 2. The van der Waals surface area contributed by atoms with E-state index in [0.717, 1.165) is 12.4 Å². The summed E-state index contributed by atoms with van der Waals surface area (Å²) in [5, 5.41) is 7.38. The van der Waals surface area contributed by atoms with Crippen molar-refractivity contribution in [3.63, 3.8) is 0 Å². The van der Waals surface area contributed by atoms with Gasteiger partial charge in [-0.3, -0.25) is 4.68 Å². The lowest BCUT2D eigenvalue weighted by atomic mass is 10.1. The molecule has 1 heterocycles. The van der Waals surface area contributed by atoms with Gasteiger partial charge in [-0.2, -0.15) is 5.10 Å². The topological polar surface area (TPSA) is 55.9 Å². The summed E-state index contributed by atoms with van der Waals surface area (Å²) >= 11 is 0. The summed E-state index contributed by atoms with van der Waals surface area (Å²) in [6.45, 7) is 5.00. The number of nitrogens with zero attached hydrogens (tertiary/aromatic N) is 2. The molecule has 0 saturated carbocycles. The molecule has 0 unspecified atom stereocenters. The summed E-state index contributed by atoms with van der Waals surface area (Å²) in [4.78, 5) is 0. The second kappa shape index (κ2) is 4.28. The Balaban J connectivity index is 2.35. The molecule has 74 valence electrons. The number of nitrogens with two attached hydrogens (primary N) is 1. The summed E-state index contributed by atoms with van der Waals surface area (Å²) in [5.74, 6) is 1.38. The number of anilines is 1. The van der Waals surface area contributed by atoms with Gasteiger partial charge < -0.3 is 11.1 Å². The number of rotatable bonds is 4. The van der Waals surface area contributed by atoms with E-state index in [9.17, 15) is 0 Å². The van der Waals surface area contributed by atoms with Gasteiger partial charge in [-0.1, -0.05) is 13.8 Å². The van der Waals surface area contributed by atoms with Crippen LogP contribution in [0.15, 0.2) is 12.3 Å². The summed E-state index contributed by atoms with van der Waals surface area (Å²) in [7, 11) is 1.90. The highest BCUT2D eigenvalue weighted by atomic mass is 15.3. The van der Waals surface area contributed by atoms with Crippen LogP contribution in [0.5, 0.6) is 0 Å². The Morgan fingerprint density at radius 2 is 2.31 bits per heavy atom. The van der Waals surface area contributed by atoms with Gasteiger partial charge in [0.2, 0.25) is 0 Å². The fourth-order valence-electron chi connectivity index (χ4n) is 0.967. The molecule has 1 atom stereocenters. The number of hydrogen-bond donors (Lipinski definition) is 2. The molecule has 4 nitrogen and oxygen atoms in total. The zero-order valence-electron chi connectivity index (χ0n) is 8.49. The molecule has 0 fully saturated rings. The minimum atomic E-state index is 0.182. The molecule has 0 aliphatic rings. The maximum atomic E-state index is 5.87. The first kappa shape index (κ1) is 10.1. The standard InChI is InChI=1S/C9H18N4/c1-7(2)8(10)6-11-9-4-5-13(3)12-9/h4-5,7-8H,6,10H2,1-3H3,(H,11,12)/t8-/m1/s1. The van der Waals surface area contributed by atoms with Crippen LogP contribution in [0.1, 0.15) is 13.8 Å². The molecular formula is C9H18N4. The smallest absolute Gasteiger partial charge is 0.148 e. The highest BCUT2D eigenvalue weighted by molar-refractivity contribution is 5.32. The SMILES string of the molecule is CC(C)[C@H](N)CNc1ccn(C)n1. The predicted molar refractivity (Wildman–Crippen MR) is 54.5 cm³/mol. The molecule has 1 rings (SSSR count). The number of nitrogens with one attached hydrogen (secondary N) is 1. The first-order chi connectivity index (χ1) is 6.09. The second-order valence-electron chi connectivity index (χ2n) is 3.66. The Morgan fingerprint density at radius 3 is 2.77 bits per heavy atom. The highest BCUT2D eigenvalue weighted by Gasteiger charge is 2.07. The Hall–Kier alpha value is -1.03. The van der Waals surface area contributed by atoms with Crippen molar-refractivity contribution in [3.8, 4) is 0 Å². The van der Waals surface area contributed by atoms with Crippen molar-refractivity contribution in [2.75, 3.05) is 11.9 Å². The molecule has 0 amide bonds. The van der Waals surface area contributed by atoms with Gasteiger partial charge in [0, 0.05) is 31.9 Å². The van der Waals surface area contributed by atoms with Crippen molar-refractivity contribution in [2.45, 2.75) is 19.9 Å². The van der Waals surface area contributed by atoms with Crippen LogP contribution in [0.25, 0.3) is 0 Å². The largest absolute Gasteiger partial charge is 0.367 e. The zero-order chi connectivity index (χ0) is 9.84. The Labute approximate surface area is 79.1 Å². The molecule has 0 aliphatic heterocycles. The molecule has 0 bridgehead atoms. The lowest BCUT2D eigenvalue weighted by Gasteiger charge is -2.15. The van der Waals surface area contributed by atoms with E-state index in [2.05, 4.69) is 24.3 Å². The lowest BCUT2D eigenvalue weighted by Crippen LogP contribution is -2.34. The molecule has 0 aliphatic carbocycles. The molecule has 13 heavy (non-hydrogen) atoms. The van der Waals surface area contributed by atoms with Crippen LogP contribution in [0.3, 0.4) is 0 Å². The monoisotopic (exact) mass is 182 g/mol. The van der Waals surface area contributed by atoms with Gasteiger partial charge in [0.05, 0.1) is 0 Å². The highest BCUT2D eigenvalue weighted by Crippen LogP contribution is 2.03. The van der Waals surface area contributed by atoms with E-state index < -0.39 is 0 Å². The van der Waals surface area contributed by atoms with Crippen molar-refractivity contribution >= 4 is 5.82 Å². The number of hydrogen-bond acceptors (Lipinski definition) is 3. The molecule has 0 aromatic carbocycles. The van der Waals surface area contributed by atoms with Gasteiger partial charge in [-0.15, -0.1) is 0 Å². The zero-order valence-corrected chi connectivity index (χ0v) is 8.49. The number of aryl methyl sites for hydroxylation is 1. The summed E-state index contributed by atoms with van der Waals surface area (Å²) in [6, 6.07) is 2.12. The Kier molecular flexibility index (Phi) is 3.31. The first-order valence-electron chi connectivity index (χ1n) is 4.58. The second-order valence-corrected chi connectivity index (χ2v) is 3.66. The van der Waals surface area contributed by atoms with Crippen LogP contribution in [-0.2, 0) is 7.05 Å². The summed E-state index contributed by atoms with van der Waals surface area (Å²) in [5.41, 5.74) is 5.87. The molecule has 3 N–H and O–H groups in total. The van der Waals surface area contributed by atoms with Crippen molar-refractivity contribution in [2.24, 2.45) is 18.7 Å². The fourth-order valence-corrected chi connectivity index (χ4v) is 0.967. The van der Waals surface area contributed by atoms with Crippen molar-refractivity contribution < 1.29 is 0 Å². The van der Waals surface area contributed by atoms with Crippen molar-refractivity contribution in [1.29, 1.82) is 0 Å². The first-order valence-corrected chi connectivity index (χ1v) is 4.58. The summed E-state index contributed by atoms with van der Waals surface area (Å²) < 4.78 is 1.77. The molecule has 0 radical (unpaired) electrons. The van der Waals surface area contributed by atoms with Crippen LogP contribution in [0, 0.1) is 5.92 Å². The average Bonchev–Trinajstić information content (AvgIpc) is 2.47. The van der Waals surface area contributed by atoms with Gasteiger partial charge in [-0.25, -0.2) is 0 Å². The van der Waals surface area contributed by atoms with Crippen LogP contribution in [0.2, 0.25) is 0 Å². The molecule has 0 saturated heterocycles. The van der Waals surface area contributed by atoms with Crippen LogP contribution >= 0.6 is 0 Å². The molecule has 0 spiro atoms. The van der Waals surface area contributed by atoms with Crippen LogP contribution in [-0.4, -0.2) is 22.4 Å². The third kappa shape index (κ3) is 3.06. The van der Waals surface area contributed by atoms with Gasteiger partial charge >= 0.3 is 0 Å². The van der Waals surface area contributed by atoms with Gasteiger partial charge in [0.25, 0.3) is 0 Å². The minimum Gasteiger partial charge on any atom is -0.367 e. The molecular weight excluding hydrogens is 164 g/mol. The van der Waals surface area contributed by atoms with Gasteiger partial charge in [0.1, 0.15) is 5.82 Å². The van der Waals surface area contributed by atoms with E-state index >= 15 is 0 Å². The minimum absolute atomic E-state index is 0.182. The predicted octanol–water partition coefficient (Wildman–Crippen LogP) is 0.815. The molecule has 4 heteroatoms. The molecule has 1 aromatic rings. The van der Waals surface area contributed by atoms with Crippen LogP contribution in [0.4, 0.5) is 5.82 Å².